The van der Waals surface area contributed by atoms with Gasteiger partial charge in [-0.05, 0) is 49.2 Å². The maximum absolute atomic E-state index is 6.06. The number of nitrogens with one attached hydrogen (secondary N) is 2. The third-order valence-electron chi connectivity index (χ3n) is 5.24. The number of hydrogen-bond donors (Lipinski definition) is 2. The molecule has 6 heteroatoms. The minimum absolute atomic E-state index is 0.440. The van der Waals surface area contributed by atoms with Crippen molar-refractivity contribution in [2.75, 3.05) is 25.0 Å². The number of halogens is 1. The normalized spacial score (nSPS) is 15.8. The van der Waals surface area contributed by atoms with Gasteiger partial charge in [-0.1, -0.05) is 30.7 Å². The summed E-state index contributed by atoms with van der Waals surface area (Å²) in [6.07, 6.45) is 5.90. The molecule has 0 unspecified atom stereocenters. The average Bonchev–Trinajstić information content (AvgIpc) is 3.13. The van der Waals surface area contributed by atoms with E-state index in [0.29, 0.717) is 6.04 Å². The van der Waals surface area contributed by atoms with Crippen LogP contribution in [0, 0.1) is 0 Å². The number of aromatic amines is 1. The van der Waals surface area contributed by atoms with Gasteiger partial charge in [0.1, 0.15) is 0 Å². The van der Waals surface area contributed by atoms with Crippen molar-refractivity contribution in [3.8, 4) is 22.4 Å². The number of pyridine rings is 1. The molecule has 0 saturated carbocycles. The number of aromatic nitrogens is 3. The first-order chi connectivity index (χ1) is 13.2. The van der Waals surface area contributed by atoms with Gasteiger partial charge >= 0.3 is 0 Å². The molecule has 5 nitrogen and oxygen atoms in total. The summed E-state index contributed by atoms with van der Waals surface area (Å²) >= 11 is 6.06. The van der Waals surface area contributed by atoms with Crippen LogP contribution in [0.15, 0.2) is 48.8 Å². The molecule has 2 aromatic heterocycles. The molecule has 3 heterocycles. The first-order valence-corrected chi connectivity index (χ1v) is 9.86. The molecule has 140 valence electrons. The topological polar surface area (TPSA) is 56.8 Å². The Balaban J connectivity index is 1.67. The molecule has 1 aliphatic heterocycles. The number of likely N-dealkylation sites (tertiary alicyclic amines) is 1. The summed E-state index contributed by atoms with van der Waals surface area (Å²) in [5.41, 5.74) is 4.23. The van der Waals surface area contributed by atoms with Gasteiger partial charge in [-0.3, -0.25) is 10.1 Å². The summed E-state index contributed by atoms with van der Waals surface area (Å²) in [4.78, 5) is 6.65. The summed E-state index contributed by atoms with van der Waals surface area (Å²) in [6, 6.07) is 12.3. The highest BCUT2D eigenvalue weighted by Crippen LogP contribution is 2.37. The quantitative estimate of drug-likeness (QED) is 0.673. The van der Waals surface area contributed by atoms with E-state index in [1.165, 1.54) is 0 Å². The molecule has 0 amide bonds. The number of rotatable bonds is 5. The zero-order chi connectivity index (χ0) is 18.6. The van der Waals surface area contributed by atoms with Crippen LogP contribution in [-0.4, -0.2) is 45.8 Å². The number of anilines is 1. The van der Waals surface area contributed by atoms with Crippen LogP contribution < -0.4 is 5.32 Å². The van der Waals surface area contributed by atoms with Gasteiger partial charge in [0, 0.05) is 42.1 Å². The summed E-state index contributed by atoms with van der Waals surface area (Å²) in [7, 11) is 0. The monoisotopic (exact) mass is 381 g/mol. The lowest BCUT2D eigenvalue weighted by atomic mass is 10.0. The number of benzene rings is 1. The maximum Gasteiger partial charge on any atom is 0.156 e. The molecule has 2 N–H and O–H groups in total. The molecule has 0 spiro atoms. The fourth-order valence-electron chi connectivity index (χ4n) is 3.66. The van der Waals surface area contributed by atoms with E-state index in [0.717, 1.165) is 65.7 Å². The minimum Gasteiger partial charge on any atom is -0.365 e. The van der Waals surface area contributed by atoms with Gasteiger partial charge in [0.05, 0.1) is 11.3 Å². The van der Waals surface area contributed by atoms with Gasteiger partial charge in [0.25, 0.3) is 0 Å². The molecule has 0 atom stereocenters. The van der Waals surface area contributed by atoms with Crippen molar-refractivity contribution in [3.63, 3.8) is 0 Å². The van der Waals surface area contributed by atoms with E-state index < -0.39 is 0 Å². The van der Waals surface area contributed by atoms with Crippen molar-refractivity contribution in [2.24, 2.45) is 0 Å². The number of hydrogen-bond acceptors (Lipinski definition) is 4. The van der Waals surface area contributed by atoms with Gasteiger partial charge in [0.2, 0.25) is 0 Å². The predicted octanol–water partition coefficient (Wildman–Crippen LogP) is 4.69. The predicted molar refractivity (Wildman–Crippen MR) is 111 cm³/mol. The van der Waals surface area contributed by atoms with E-state index in [1.54, 1.807) is 0 Å². The molecule has 0 aliphatic carbocycles. The van der Waals surface area contributed by atoms with E-state index in [2.05, 4.69) is 32.3 Å². The lowest BCUT2D eigenvalue weighted by Crippen LogP contribution is -2.39. The van der Waals surface area contributed by atoms with Crippen LogP contribution in [-0.2, 0) is 0 Å². The van der Waals surface area contributed by atoms with Gasteiger partial charge in [-0.25, -0.2) is 0 Å². The Morgan fingerprint density at radius 1 is 1.07 bits per heavy atom. The van der Waals surface area contributed by atoms with Crippen molar-refractivity contribution in [3.05, 3.63) is 53.8 Å². The molecule has 3 aromatic rings. The third kappa shape index (κ3) is 3.99. The summed E-state index contributed by atoms with van der Waals surface area (Å²) < 4.78 is 0. The molecular weight excluding hydrogens is 358 g/mol. The lowest BCUT2D eigenvalue weighted by molar-refractivity contribution is 0.229. The van der Waals surface area contributed by atoms with E-state index in [-0.39, 0.29) is 0 Å². The molecule has 1 fully saturated rings. The van der Waals surface area contributed by atoms with Gasteiger partial charge in [-0.2, -0.15) is 5.10 Å². The first-order valence-electron chi connectivity index (χ1n) is 9.48. The highest BCUT2D eigenvalue weighted by molar-refractivity contribution is 6.30. The Hall–Kier alpha value is -2.37. The Morgan fingerprint density at radius 2 is 1.78 bits per heavy atom. The summed E-state index contributed by atoms with van der Waals surface area (Å²) in [6.45, 7) is 5.61. The van der Waals surface area contributed by atoms with Crippen LogP contribution in [0.5, 0.6) is 0 Å². The fourth-order valence-corrected chi connectivity index (χ4v) is 3.78. The highest BCUT2D eigenvalue weighted by atomic mass is 35.5. The van der Waals surface area contributed by atoms with Crippen molar-refractivity contribution >= 4 is 17.4 Å². The van der Waals surface area contributed by atoms with Crippen LogP contribution in [0.4, 0.5) is 5.82 Å². The largest absolute Gasteiger partial charge is 0.365 e. The molecule has 0 bridgehead atoms. The third-order valence-corrected chi connectivity index (χ3v) is 5.50. The second-order valence-corrected chi connectivity index (χ2v) is 7.35. The first kappa shape index (κ1) is 18.0. The van der Waals surface area contributed by atoms with Gasteiger partial charge < -0.3 is 10.2 Å². The number of H-pyrrole nitrogens is 1. The molecule has 27 heavy (non-hydrogen) atoms. The molecule has 1 aromatic carbocycles. The minimum atomic E-state index is 0.440. The summed E-state index contributed by atoms with van der Waals surface area (Å²) in [5, 5.41) is 12.3. The van der Waals surface area contributed by atoms with Gasteiger partial charge in [-0.15, -0.1) is 0 Å². The zero-order valence-corrected chi connectivity index (χ0v) is 16.2. The average molecular weight is 382 g/mol. The van der Waals surface area contributed by atoms with E-state index in [4.69, 9.17) is 11.6 Å². The Labute approximate surface area is 164 Å². The zero-order valence-electron chi connectivity index (χ0n) is 15.5. The standard InChI is InChI=1S/C21H24ClN5/c1-2-27-13-9-18(10-14-27)24-21-19(15-7-11-23-12-8-15)20(25-26-21)16-3-5-17(22)6-4-16/h3-8,11-12,18H,2,9-10,13-14H2,1H3,(H2,24,25,26). The highest BCUT2D eigenvalue weighted by Gasteiger charge is 2.22. The van der Waals surface area contributed by atoms with E-state index in [9.17, 15) is 0 Å². The van der Waals surface area contributed by atoms with Gasteiger partial charge in [0.15, 0.2) is 5.82 Å². The Kier molecular flexibility index (Phi) is 5.41. The Morgan fingerprint density at radius 3 is 2.44 bits per heavy atom. The number of piperidine rings is 1. The van der Waals surface area contributed by atoms with Crippen molar-refractivity contribution in [1.82, 2.24) is 20.1 Å². The summed E-state index contributed by atoms with van der Waals surface area (Å²) in [5.74, 6) is 0.904. The SMILES string of the molecule is CCN1CCC(Nc2n[nH]c(-c3ccc(Cl)cc3)c2-c2ccncc2)CC1. The van der Waals surface area contributed by atoms with Crippen LogP contribution >= 0.6 is 11.6 Å². The van der Waals surface area contributed by atoms with Crippen molar-refractivity contribution in [1.29, 1.82) is 0 Å². The van der Waals surface area contributed by atoms with E-state index in [1.807, 2.05) is 48.8 Å². The van der Waals surface area contributed by atoms with Crippen LogP contribution in [0.1, 0.15) is 19.8 Å². The van der Waals surface area contributed by atoms with Crippen LogP contribution in [0.25, 0.3) is 22.4 Å². The molecule has 1 saturated heterocycles. The lowest BCUT2D eigenvalue weighted by Gasteiger charge is -2.31. The second-order valence-electron chi connectivity index (χ2n) is 6.92. The van der Waals surface area contributed by atoms with Crippen LogP contribution in [0.3, 0.4) is 0 Å². The fraction of sp³-hybridized carbons (Fsp3) is 0.333. The molecular formula is C21H24ClN5. The second kappa shape index (κ2) is 8.11. The molecule has 0 radical (unpaired) electrons. The number of nitrogens with zero attached hydrogens (tertiary/aromatic N) is 3. The Bertz CT molecular complexity index is 867. The van der Waals surface area contributed by atoms with E-state index >= 15 is 0 Å². The smallest absolute Gasteiger partial charge is 0.156 e. The maximum atomic E-state index is 6.06. The molecule has 1 aliphatic rings. The van der Waals surface area contributed by atoms with Crippen molar-refractivity contribution in [2.45, 2.75) is 25.8 Å². The van der Waals surface area contributed by atoms with Crippen LogP contribution in [0.2, 0.25) is 5.02 Å². The van der Waals surface area contributed by atoms with Crippen molar-refractivity contribution < 1.29 is 0 Å². The molecule has 4 rings (SSSR count).